The van der Waals surface area contributed by atoms with Gasteiger partial charge in [0.15, 0.2) is 0 Å². The van der Waals surface area contributed by atoms with E-state index in [-0.39, 0.29) is 5.91 Å². The van der Waals surface area contributed by atoms with Gasteiger partial charge >= 0.3 is 0 Å². The van der Waals surface area contributed by atoms with Crippen LogP contribution >= 0.6 is 15.9 Å². The third-order valence-corrected chi connectivity index (χ3v) is 4.58. The molecule has 6 nitrogen and oxygen atoms in total. The number of hydrogen-bond donors (Lipinski definition) is 0. The van der Waals surface area contributed by atoms with Crippen LogP contribution in [0.4, 0.5) is 0 Å². The van der Waals surface area contributed by atoms with E-state index in [0.29, 0.717) is 19.5 Å². The predicted molar refractivity (Wildman–Crippen MR) is 83.7 cm³/mol. The van der Waals surface area contributed by atoms with E-state index < -0.39 is 0 Å². The topological polar surface area (TPSA) is 56.0 Å². The molecule has 0 saturated heterocycles. The first-order valence-corrected chi connectivity index (χ1v) is 7.58. The number of halogens is 1. The van der Waals surface area contributed by atoms with Gasteiger partial charge in [-0.05, 0) is 29.8 Å². The second-order valence-corrected chi connectivity index (χ2v) is 6.02. The molecule has 2 rings (SSSR count). The SMILES string of the molecule is Cc1nn(CCC(=O)N(C)Cc2cnn(C)c2)c(C)c1Br. The Kier molecular flexibility index (Phi) is 4.82. The predicted octanol–water partition coefficient (Wildman–Crippen LogP) is 2.04. The zero-order chi connectivity index (χ0) is 15.6. The Morgan fingerprint density at radius 3 is 2.67 bits per heavy atom. The summed E-state index contributed by atoms with van der Waals surface area (Å²) in [6.45, 7) is 5.11. The largest absolute Gasteiger partial charge is 0.341 e. The highest BCUT2D eigenvalue weighted by Gasteiger charge is 2.13. The average Bonchev–Trinajstić information content (AvgIpc) is 2.95. The quantitative estimate of drug-likeness (QED) is 0.826. The molecule has 1 amide bonds. The van der Waals surface area contributed by atoms with Gasteiger partial charge in [-0.2, -0.15) is 10.2 Å². The molecule has 0 unspecified atom stereocenters. The molecule has 0 aliphatic heterocycles. The van der Waals surface area contributed by atoms with Gasteiger partial charge in [0.1, 0.15) is 0 Å². The lowest BCUT2D eigenvalue weighted by Gasteiger charge is -2.16. The molecule has 0 fully saturated rings. The smallest absolute Gasteiger partial charge is 0.224 e. The van der Waals surface area contributed by atoms with Crippen molar-refractivity contribution in [3.05, 3.63) is 33.8 Å². The van der Waals surface area contributed by atoms with Gasteiger partial charge in [-0.25, -0.2) is 0 Å². The number of nitrogens with zero attached hydrogens (tertiary/aromatic N) is 5. The van der Waals surface area contributed by atoms with Crippen molar-refractivity contribution in [2.24, 2.45) is 7.05 Å². The molecule has 0 radical (unpaired) electrons. The first-order chi connectivity index (χ1) is 9.88. The Morgan fingerprint density at radius 2 is 2.14 bits per heavy atom. The maximum atomic E-state index is 12.2. The Morgan fingerprint density at radius 1 is 1.43 bits per heavy atom. The fourth-order valence-corrected chi connectivity index (χ4v) is 2.48. The molecule has 7 heteroatoms. The van der Waals surface area contributed by atoms with Gasteiger partial charge in [0.05, 0.1) is 22.9 Å². The summed E-state index contributed by atoms with van der Waals surface area (Å²) in [6.07, 6.45) is 4.13. The van der Waals surface area contributed by atoms with Crippen molar-refractivity contribution < 1.29 is 4.79 Å². The highest BCUT2D eigenvalue weighted by atomic mass is 79.9. The van der Waals surface area contributed by atoms with Crippen molar-refractivity contribution in [3.63, 3.8) is 0 Å². The van der Waals surface area contributed by atoms with Gasteiger partial charge in [0.25, 0.3) is 0 Å². The van der Waals surface area contributed by atoms with Gasteiger partial charge in [-0.3, -0.25) is 14.2 Å². The average molecular weight is 354 g/mol. The standard InChI is InChI=1S/C14H20BrN5O/c1-10-14(15)11(2)20(17-10)6-5-13(21)18(3)8-12-7-16-19(4)9-12/h7,9H,5-6,8H2,1-4H3. The van der Waals surface area contributed by atoms with Crippen LogP contribution in [0, 0.1) is 13.8 Å². The summed E-state index contributed by atoms with van der Waals surface area (Å²) in [6, 6.07) is 0. The number of amides is 1. The van der Waals surface area contributed by atoms with Crippen molar-refractivity contribution in [2.75, 3.05) is 7.05 Å². The first kappa shape index (κ1) is 15.8. The molecule has 114 valence electrons. The zero-order valence-corrected chi connectivity index (χ0v) is 14.4. The number of aryl methyl sites for hydroxylation is 3. The summed E-state index contributed by atoms with van der Waals surface area (Å²) in [5.41, 5.74) is 3.03. The molecule has 0 aliphatic rings. The normalized spacial score (nSPS) is 10.9. The van der Waals surface area contributed by atoms with Crippen LogP contribution in [-0.4, -0.2) is 37.4 Å². The zero-order valence-electron chi connectivity index (χ0n) is 12.8. The summed E-state index contributed by atoms with van der Waals surface area (Å²) in [5, 5.41) is 8.52. The fourth-order valence-electron chi connectivity index (χ4n) is 2.20. The number of aromatic nitrogens is 4. The van der Waals surface area contributed by atoms with Crippen LogP contribution in [0.2, 0.25) is 0 Å². The Labute approximate surface area is 132 Å². The number of carbonyl (C=O) groups is 1. The molecule has 0 aliphatic carbocycles. The molecule has 2 aromatic rings. The minimum absolute atomic E-state index is 0.0996. The van der Waals surface area contributed by atoms with Crippen LogP contribution in [0.3, 0.4) is 0 Å². The van der Waals surface area contributed by atoms with E-state index in [1.165, 1.54) is 0 Å². The van der Waals surface area contributed by atoms with Gasteiger partial charge < -0.3 is 4.90 Å². The van der Waals surface area contributed by atoms with E-state index in [1.807, 2.05) is 38.8 Å². The Balaban J connectivity index is 1.90. The van der Waals surface area contributed by atoms with E-state index in [4.69, 9.17) is 0 Å². The minimum Gasteiger partial charge on any atom is -0.341 e. The number of carbonyl (C=O) groups excluding carboxylic acids is 1. The van der Waals surface area contributed by atoms with Crippen LogP contribution in [-0.2, 0) is 24.9 Å². The van der Waals surface area contributed by atoms with Crippen LogP contribution in [0.5, 0.6) is 0 Å². The Hall–Kier alpha value is -1.63. The second-order valence-electron chi connectivity index (χ2n) is 5.23. The fraction of sp³-hybridized carbons (Fsp3) is 0.500. The van der Waals surface area contributed by atoms with Crippen molar-refractivity contribution in [3.8, 4) is 0 Å². The lowest BCUT2D eigenvalue weighted by molar-refractivity contribution is -0.130. The van der Waals surface area contributed by atoms with Gasteiger partial charge in [0.2, 0.25) is 5.91 Å². The van der Waals surface area contributed by atoms with Gasteiger partial charge in [-0.15, -0.1) is 0 Å². The van der Waals surface area contributed by atoms with E-state index >= 15 is 0 Å². The summed E-state index contributed by atoms with van der Waals surface area (Å²) in [4.78, 5) is 13.9. The first-order valence-electron chi connectivity index (χ1n) is 6.79. The summed E-state index contributed by atoms with van der Waals surface area (Å²) < 4.78 is 4.62. The monoisotopic (exact) mass is 353 g/mol. The van der Waals surface area contributed by atoms with E-state index in [9.17, 15) is 4.79 Å². The number of hydrogen-bond acceptors (Lipinski definition) is 3. The lowest BCUT2D eigenvalue weighted by atomic mass is 10.3. The Bertz CT molecular complexity index is 646. The molecule has 2 aromatic heterocycles. The molecule has 2 heterocycles. The minimum atomic E-state index is 0.0996. The van der Waals surface area contributed by atoms with Gasteiger partial charge in [0, 0.05) is 44.5 Å². The van der Waals surface area contributed by atoms with Crippen molar-refractivity contribution in [2.45, 2.75) is 33.4 Å². The van der Waals surface area contributed by atoms with E-state index in [2.05, 4.69) is 26.1 Å². The molecule has 0 spiro atoms. The van der Waals surface area contributed by atoms with Gasteiger partial charge in [-0.1, -0.05) is 0 Å². The maximum absolute atomic E-state index is 12.2. The van der Waals surface area contributed by atoms with E-state index in [1.54, 1.807) is 15.8 Å². The summed E-state index contributed by atoms with van der Waals surface area (Å²) in [5.74, 6) is 0.0996. The molecule has 0 bridgehead atoms. The second kappa shape index (κ2) is 6.43. The molecule has 0 N–H and O–H groups in total. The third-order valence-electron chi connectivity index (χ3n) is 3.43. The highest BCUT2D eigenvalue weighted by molar-refractivity contribution is 9.10. The molecular formula is C14H20BrN5O. The maximum Gasteiger partial charge on any atom is 0.224 e. The third kappa shape index (κ3) is 3.72. The van der Waals surface area contributed by atoms with Crippen LogP contribution in [0.25, 0.3) is 0 Å². The lowest BCUT2D eigenvalue weighted by Crippen LogP contribution is -2.27. The van der Waals surface area contributed by atoms with Crippen molar-refractivity contribution in [1.29, 1.82) is 0 Å². The highest BCUT2D eigenvalue weighted by Crippen LogP contribution is 2.19. The van der Waals surface area contributed by atoms with Crippen LogP contribution in [0.1, 0.15) is 23.4 Å². The van der Waals surface area contributed by atoms with Crippen molar-refractivity contribution >= 4 is 21.8 Å². The summed E-state index contributed by atoms with van der Waals surface area (Å²) >= 11 is 3.49. The molecule has 0 saturated carbocycles. The number of rotatable bonds is 5. The molecule has 0 atom stereocenters. The molecule has 21 heavy (non-hydrogen) atoms. The van der Waals surface area contributed by atoms with E-state index in [0.717, 1.165) is 21.4 Å². The molecule has 0 aromatic carbocycles. The van der Waals surface area contributed by atoms with Crippen molar-refractivity contribution in [1.82, 2.24) is 24.5 Å². The molecular weight excluding hydrogens is 334 g/mol. The summed E-state index contributed by atoms with van der Waals surface area (Å²) in [7, 11) is 3.68. The van der Waals surface area contributed by atoms with Crippen LogP contribution < -0.4 is 0 Å². The van der Waals surface area contributed by atoms with Crippen LogP contribution in [0.15, 0.2) is 16.9 Å².